The number of hydrogen-bond donors (Lipinski definition) is 1. The minimum Gasteiger partial charge on any atom is -0.359 e. The number of nitrogens with zero attached hydrogens (tertiary/aromatic N) is 5. The lowest BCUT2D eigenvalue weighted by Gasteiger charge is -2.30. The summed E-state index contributed by atoms with van der Waals surface area (Å²) >= 11 is 0. The van der Waals surface area contributed by atoms with Crippen molar-refractivity contribution in [2.24, 2.45) is 0 Å². The average molecular weight is 394 g/mol. The van der Waals surface area contributed by atoms with E-state index in [1.807, 2.05) is 23.1 Å². The van der Waals surface area contributed by atoms with Crippen molar-refractivity contribution in [3.05, 3.63) is 47.9 Å². The third-order valence-electron chi connectivity index (χ3n) is 5.48. The van der Waals surface area contributed by atoms with Gasteiger partial charge in [-0.05, 0) is 37.7 Å². The first-order valence-electron chi connectivity index (χ1n) is 10.1. The second kappa shape index (κ2) is 8.57. The summed E-state index contributed by atoms with van der Waals surface area (Å²) in [4.78, 5) is 40.3. The van der Waals surface area contributed by atoms with Crippen molar-refractivity contribution in [1.82, 2.24) is 19.8 Å². The minimum absolute atomic E-state index is 0.0333. The van der Waals surface area contributed by atoms with Crippen molar-refractivity contribution in [3.63, 3.8) is 0 Å². The Hall–Kier alpha value is -3.00. The molecule has 0 atom stereocenters. The Kier molecular flexibility index (Phi) is 5.71. The highest BCUT2D eigenvalue weighted by atomic mass is 16.2. The number of amides is 2. The van der Waals surface area contributed by atoms with Crippen LogP contribution in [0.3, 0.4) is 0 Å². The second-order valence-corrected chi connectivity index (χ2v) is 7.33. The highest BCUT2D eigenvalue weighted by Crippen LogP contribution is 2.30. The number of carbonyl (C=O) groups excluding carboxylic acids is 2. The fourth-order valence-corrected chi connectivity index (χ4v) is 3.80. The minimum atomic E-state index is -0.0667. The van der Waals surface area contributed by atoms with E-state index in [1.165, 1.54) is 0 Å². The number of rotatable bonds is 4. The Labute approximate surface area is 170 Å². The lowest BCUT2D eigenvalue weighted by molar-refractivity contribution is -0.117. The summed E-state index contributed by atoms with van der Waals surface area (Å²) in [5.74, 6) is 0.516. The molecule has 1 N–H and O–H groups in total. The Morgan fingerprint density at radius 3 is 2.86 bits per heavy atom. The zero-order chi connectivity index (χ0) is 20.2. The van der Waals surface area contributed by atoms with E-state index in [9.17, 15) is 9.59 Å². The fourth-order valence-electron chi connectivity index (χ4n) is 3.80. The molecule has 29 heavy (non-hydrogen) atoms. The van der Waals surface area contributed by atoms with Gasteiger partial charge in [-0.3, -0.25) is 14.6 Å². The molecule has 0 spiro atoms. The van der Waals surface area contributed by atoms with Crippen LogP contribution in [0.15, 0.2) is 36.7 Å². The molecule has 1 saturated heterocycles. The maximum absolute atomic E-state index is 13.1. The van der Waals surface area contributed by atoms with Crippen LogP contribution in [-0.4, -0.2) is 70.9 Å². The third kappa shape index (κ3) is 4.22. The summed E-state index contributed by atoms with van der Waals surface area (Å²) in [5, 5.41) is 3.04. The average Bonchev–Trinajstić information content (AvgIpc) is 3.01. The predicted molar refractivity (Wildman–Crippen MR) is 111 cm³/mol. The number of hydrogen-bond acceptors (Lipinski definition) is 6. The predicted octanol–water partition coefficient (Wildman–Crippen LogP) is 1.60. The number of anilines is 2. The summed E-state index contributed by atoms with van der Waals surface area (Å²) < 4.78 is 0. The van der Waals surface area contributed by atoms with E-state index >= 15 is 0 Å². The lowest BCUT2D eigenvalue weighted by Crippen LogP contribution is -2.40. The van der Waals surface area contributed by atoms with Gasteiger partial charge in [0.2, 0.25) is 5.91 Å². The van der Waals surface area contributed by atoms with Gasteiger partial charge in [0, 0.05) is 32.0 Å². The molecular formula is C21H26N6O2. The first kappa shape index (κ1) is 19.3. The van der Waals surface area contributed by atoms with Crippen molar-refractivity contribution in [2.75, 3.05) is 49.5 Å². The van der Waals surface area contributed by atoms with Gasteiger partial charge in [0.25, 0.3) is 5.91 Å². The maximum atomic E-state index is 13.1. The van der Waals surface area contributed by atoms with Gasteiger partial charge < -0.3 is 20.0 Å². The molecule has 0 aliphatic carbocycles. The normalized spacial score (nSPS) is 17.5. The largest absolute Gasteiger partial charge is 0.359 e. The summed E-state index contributed by atoms with van der Waals surface area (Å²) in [7, 11) is 0. The van der Waals surface area contributed by atoms with Crippen LogP contribution in [0.2, 0.25) is 0 Å². The highest BCUT2D eigenvalue weighted by molar-refractivity contribution is 6.04. The molecule has 8 heteroatoms. The van der Waals surface area contributed by atoms with Crippen molar-refractivity contribution < 1.29 is 9.59 Å². The zero-order valence-corrected chi connectivity index (χ0v) is 16.7. The van der Waals surface area contributed by atoms with Gasteiger partial charge in [-0.1, -0.05) is 13.0 Å². The molecule has 2 aliphatic rings. The molecule has 8 nitrogen and oxygen atoms in total. The number of nitrogens with one attached hydrogen (secondary N) is 1. The van der Waals surface area contributed by atoms with Crippen LogP contribution in [0.25, 0.3) is 0 Å². The molecular weight excluding hydrogens is 368 g/mol. The molecule has 0 bridgehead atoms. The number of carbonyl (C=O) groups is 2. The van der Waals surface area contributed by atoms with E-state index < -0.39 is 0 Å². The Morgan fingerprint density at radius 1 is 1.17 bits per heavy atom. The van der Waals surface area contributed by atoms with E-state index in [4.69, 9.17) is 0 Å². The number of aromatic nitrogens is 2. The van der Waals surface area contributed by atoms with Crippen molar-refractivity contribution in [3.8, 4) is 0 Å². The lowest BCUT2D eigenvalue weighted by atomic mass is 10.1. The van der Waals surface area contributed by atoms with Gasteiger partial charge in [0.15, 0.2) is 5.82 Å². The summed E-state index contributed by atoms with van der Waals surface area (Å²) in [5.41, 5.74) is 1.93. The van der Waals surface area contributed by atoms with Gasteiger partial charge in [0.1, 0.15) is 0 Å². The molecule has 1 fully saturated rings. The van der Waals surface area contributed by atoms with Gasteiger partial charge in [-0.2, -0.15) is 0 Å². The van der Waals surface area contributed by atoms with E-state index in [1.54, 1.807) is 23.4 Å². The second-order valence-electron chi connectivity index (χ2n) is 7.33. The number of fused-ring (bicyclic) bond motifs is 1. The quantitative estimate of drug-likeness (QED) is 0.848. The van der Waals surface area contributed by atoms with Gasteiger partial charge in [-0.25, -0.2) is 4.98 Å². The topological polar surface area (TPSA) is 81.7 Å². The molecule has 0 radical (unpaired) electrons. The third-order valence-corrected chi connectivity index (χ3v) is 5.48. The van der Waals surface area contributed by atoms with Crippen LogP contribution in [0.5, 0.6) is 0 Å². The molecule has 0 unspecified atom stereocenters. The Bertz CT molecular complexity index is 888. The molecule has 4 heterocycles. The number of pyridine rings is 2. The van der Waals surface area contributed by atoms with Crippen LogP contribution in [0, 0.1) is 0 Å². The monoisotopic (exact) mass is 394 g/mol. The Balaban J connectivity index is 1.58. The van der Waals surface area contributed by atoms with Crippen LogP contribution < -0.4 is 10.2 Å². The van der Waals surface area contributed by atoms with E-state index in [0.717, 1.165) is 38.3 Å². The SMILES string of the molecule is CCN1CCCN(C(=O)c2cnc3c(c2)N(Cc2ccccn2)C(=O)CN3)CC1. The van der Waals surface area contributed by atoms with Crippen LogP contribution >= 0.6 is 0 Å². The molecule has 0 saturated carbocycles. The van der Waals surface area contributed by atoms with Crippen molar-refractivity contribution in [1.29, 1.82) is 0 Å². The highest BCUT2D eigenvalue weighted by Gasteiger charge is 2.28. The maximum Gasteiger partial charge on any atom is 0.255 e. The van der Waals surface area contributed by atoms with Gasteiger partial charge in [-0.15, -0.1) is 0 Å². The fraction of sp³-hybridized carbons (Fsp3) is 0.429. The van der Waals surface area contributed by atoms with Gasteiger partial charge >= 0.3 is 0 Å². The standard InChI is InChI=1S/C21H26N6O2/c1-2-25-8-5-9-26(11-10-25)21(29)16-12-18-20(23-13-16)24-14-19(28)27(18)15-17-6-3-4-7-22-17/h3-4,6-7,12-13H,2,5,8-11,14-15H2,1H3,(H,23,24). The van der Waals surface area contributed by atoms with Crippen molar-refractivity contribution in [2.45, 2.75) is 19.9 Å². The summed E-state index contributed by atoms with van der Waals surface area (Å²) in [6.45, 7) is 7.01. The first-order valence-corrected chi connectivity index (χ1v) is 10.1. The summed E-state index contributed by atoms with van der Waals surface area (Å²) in [6.07, 6.45) is 4.27. The van der Waals surface area contributed by atoms with Crippen LogP contribution in [0.4, 0.5) is 11.5 Å². The molecule has 2 amide bonds. The van der Waals surface area contributed by atoms with Crippen molar-refractivity contribution >= 4 is 23.3 Å². The van der Waals surface area contributed by atoms with Crippen LogP contribution in [-0.2, 0) is 11.3 Å². The molecule has 2 aromatic rings. The number of likely N-dealkylation sites (N-methyl/N-ethyl adjacent to an activating group) is 1. The van der Waals surface area contributed by atoms with E-state index in [-0.39, 0.29) is 18.4 Å². The molecule has 4 rings (SSSR count). The van der Waals surface area contributed by atoms with E-state index in [0.29, 0.717) is 30.2 Å². The van der Waals surface area contributed by atoms with E-state index in [2.05, 4.69) is 27.1 Å². The summed E-state index contributed by atoms with van der Waals surface area (Å²) in [6, 6.07) is 7.40. The first-order chi connectivity index (χ1) is 14.2. The zero-order valence-electron chi connectivity index (χ0n) is 16.7. The molecule has 2 aromatic heterocycles. The Morgan fingerprint density at radius 2 is 2.07 bits per heavy atom. The molecule has 2 aliphatic heterocycles. The smallest absolute Gasteiger partial charge is 0.255 e. The molecule has 0 aromatic carbocycles. The van der Waals surface area contributed by atoms with Crippen LogP contribution in [0.1, 0.15) is 29.4 Å². The molecule has 152 valence electrons. The van der Waals surface area contributed by atoms with Gasteiger partial charge in [0.05, 0.1) is 30.0 Å².